The van der Waals surface area contributed by atoms with Crippen LogP contribution < -0.4 is 10.2 Å². The topological polar surface area (TPSA) is 275 Å². The zero-order chi connectivity index (χ0) is 45.5. The van der Waals surface area contributed by atoms with E-state index in [0.29, 0.717) is 12.8 Å². The van der Waals surface area contributed by atoms with Crippen molar-refractivity contribution in [3.05, 3.63) is 107 Å². The first-order valence-electron chi connectivity index (χ1n) is 20.3. The van der Waals surface area contributed by atoms with Crippen LogP contribution in [0.3, 0.4) is 0 Å². The molecule has 0 amide bonds. The quantitative estimate of drug-likeness (QED) is 0.121. The van der Waals surface area contributed by atoms with Crippen LogP contribution in [-0.2, 0) is 85.7 Å². The summed E-state index contributed by atoms with van der Waals surface area (Å²) < 4.78 is 54.3. The van der Waals surface area contributed by atoms with Gasteiger partial charge in [-0.3, -0.25) is 0 Å². The fraction of sp³-hybridized carbons (Fsp3) is 0.409. The maximum absolute atomic E-state index is 13.0. The number of hydrogen-bond donors (Lipinski definition) is 0. The molecule has 0 unspecified atom stereocenters. The molecule has 20 heteroatoms. The molecule has 8 rings (SSSR count). The second kappa shape index (κ2) is 16.4. The molecule has 336 valence electrons. The summed E-state index contributed by atoms with van der Waals surface area (Å²) >= 11 is 0. The van der Waals surface area contributed by atoms with Crippen molar-refractivity contribution in [2.45, 2.75) is 112 Å². The highest BCUT2D eigenvalue weighted by Crippen LogP contribution is 2.47. The van der Waals surface area contributed by atoms with Crippen LogP contribution in [0.4, 0.5) is 0 Å². The van der Waals surface area contributed by atoms with Gasteiger partial charge in [0.05, 0.1) is 23.0 Å². The fourth-order valence-corrected chi connectivity index (χ4v) is 8.19. The Bertz CT molecular complexity index is 2310. The Morgan fingerprint density at radius 1 is 0.359 bits per heavy atom. The van der Waals surface area contributed by atoms with E-state index in [1.54, 1.807) is 0 Å². The Hall–Kier alpha value is -7.38. The van der Waals surface area contributed by atoms with Gasteiger partial charge in [0.2, 0.25) is 0 Å². The van der Waals surface area contributed by atoms with Crippen LogP contribution in [0.2, 0.25) is 0 Å². The summed E-state index contributed by atoms with van der Waals surface area (Å²) in [6.45, 7) is 3.30. The maximum Gasteiger partial charge on any atom is 0.348 e. The molecule has 8 aliphatic rings. The maximum atomic E-state index is 13.0. The molecule has 0 radical (unpaired) electrons. The van der Waals surface area contributed by atoms with Gasteiger partial charge in [0.15, 0.2) is 11.6 Å². The lowest BCUT2D eigenvalue weighted by molar-refractivity contribution is -0.422. The molecule has 3 aliphatic carbocycles. The van der Waals surface area contributed by atoms with E-state index < -0.39 is 111 Å². The minimum Gasteiger partial charge on any atom is -0.574 e. The molecular weight excluding hydrogens is 848 g/mol. The van der Waals surface area contributed by atoms with Crippen LogP contribution in [0.15, 0.2) is 107 Å². The van der Waals surface area contributed by atoms with E-state index in [4.69, 9.17) is 47.4 Å². The number of esters is 8. The van der Waals surface area contributed by atoms with E-state index in [-0.39, 0.29) is 56.9 Å². The lowest BCUT2D eigenvalue weighted by Crippen LogP contribution is -2.55. The Balaban J connectivity index is 0.816. The summed E-state index contributed by atoms with van der Waals surface area (Å²) in [7, 11) is 0. The average molecular weight is 887 g/mol. The summed E-state index contributed by atoms with van der Waals surface area (Å²) in [5.74, 6) is -17.4. The third kappa shape index (κ3) is 8.41. The largest absolute Gasteiger partial charge is 0.574 e. The summed E-state index contributed by atoms with van der Waals surface area (Å²) in [4.78, 5) is 100. The van der Waals surface area contributed by atoms with Gasteiger partial charge in [-0.15, -0.1) is 0 Å². The van der Waals surface area contributed by atoms with E-state index >= 15 is 0 Å². The van der Waals surface area contributed by atoms with Crippen LogP contribution in [0, 0.1) is 0 Å². The smallest absolute Gasteiger partial charge is 0.348 e. The molecule has 6 fully saturated rings. The highest BCUT2D eigenvalue weighted by molar-refractivity contribution is 6.16. The fourth-order valence-electron chi connectivity index (χ4n) is 8.19. The zero-order valence-electron chi connectivity index (χ0n) is 33.8. The summed E-state index contributed by atoms with van der Waals surface area (Å²) in [5, 5.41) is 25.9. The van der Waals surface area contributed by atoms with Crippen LogP contribution >= 0.6 is 0 Å². The van der Waals surface area contributed by atoms with E-state index in [2.05, 4.69) is 6.58 Å². The first-order valence-corrected chi connectivity index (χ1v) is 20.3. The van der Waals surface area contributed by atoms with Crippen LogP contribution in [-0.4, -0.2) is 76.7 Å². The zero-order valence-corrected chi connectivity index (χ0v) is 33.8. The molecule has 0 aromatic rings. The molecule has 0 atom stereocenters. The van der Waals surface area contributed by atoms with Crippen LogP contribution in [0.25, 0.3) is 0 Å². The lowest BCUT2D eigenvalue weighted by atomic mass is 9.87. The molecule has 0 aromatic carbocycles. The Labute approximate surface area is 362 Å². The van der Waals surface area contributed by atoms with E-state index in [1.807, 2.05) is 0 Å². The van der Waals surface area contributed by atoms with Crippen molar-refractivity contribution in [1.82, 2.24) is 0 Å². The standard InChI is InChI=1S/C44H40O20/c1-25-30(45)55-41(56-31(25)46)17-19-42(20-18-41)59-34(49)27(35(50)60-42)13-7-3-8-14-29-38(53)63-44(64-39(29)54)23-21-43(22-24-44)61-36(51)28(37(52)62-43)12-6-2-5-11-26-32(47)57-40(58-33(26)48)15-9-4-10-16-40/h2-3,5-8,11-14,51,53H,1,4,9-10,15-24H2/p-2/b5-2+,7-3+,12-6+,14-8+. The Morgan fingerprint density at radius 3 is 1.00 bits per heavy atom. The molecule has 3 saturated carbocycles. The van der Waals surface area contributed by atoms with E-state index in [9.17, 15) is 48.6 Å². The van der Waals surface area contributed by atoms with Crippen molar-refractivity contribution in [3.63, 3.8) is 0 Å². The molecule has 5 aliphatic heterocycles. The Morgan fingerprint density at radius 2 is 0.656 bits per heavy atom. The predicted octanol–water partition coefficient (Wildman–Crippen LogP) is 1.80. The molecule has 20 nitrogen and oxygen atoms in total. The number of allylic oxidation sites excluding steroid dienone is 8. The molecular formula is C44H38O20-2. The summed E-state index contributed by atoms with van der Waals surface area (Å²) in [5.41, 5.74) is -2.14. The van der Waals surface area contributed by atoms with Crippen LogP contribution in [0.1, 0.15) is 83.5 Å². The van der Waals surface area contributed by atoms with Gasteiger partial charge in [-0.1, -0.05) is 49.5 Å². The predicted molar refractivity (Wildman–Crippen MR) is 200 cm³/mol. The van der Waals surface area contributed by atoms with E-state index in [1.165, 1.54) is 42.5 Å². The molecule has 5 heterocycles. The van der Waals surface area contributed by atoms with Gasteiger partial charge in [-0.05, 0) is 37.1 Å². The average Bonchev–Trinajstić information content (AvgIpc) is 3.23. The van der Waals surface area contributed by atoms with Crippen molar-refractivity contribution in [2.75, 3.05) is 0 Å². The first-order chi connectivity index (χ1) is 30.5. The van der Waals surface area contributed by atoms with Crippen molar-refractivity contribution in [2.24, 2.45) is 0 Å². The van der Waals surface area contributed by atoms with Crippen LogP contribution in [0.5, 0.6) is 0 Å². The number of carbonyl (C=O) groups excluding carboxylic acids is 8. The van der Waals surface area contributed by atoms with Crippen molar-refractivity contribution in [1.29, 1.82) is 0 Å². The van der Waals surface area contributed by atoms with Gasteiger partial charge < -0.3 is 57.6 Å². The molecule has 0 aromatic heterocycles. The normalized spacial score (nSPS) is 25.9. The SMILES string of the molecule is C=C1C(=O)OC2(CCC3(CC2)OC(=O)C(=C/C=C/C=C/C2=C([O-])OC4(CCC5(CC4)OC(=O)C(/C=C/C=C/C=C4C(=O)OC6(CCCCC6)OC4=O)=C([O-])O5)OC2=O)C(=O)O3)OC1=O. The summed E-state index contributed by atoms with van der Waals surface area (Å²) in [6.07, 6.45) is 14.5. The van der Waals surface area contributed by atoms with Gasteiger partial charge in [0.25, 0.3) is 17.4 Å². The van der Waals surface area contributed by atoms with Gasteiger partial charge in [-0.2, -0.15) is 0 Å². The van der Waals surface area contributed by atoms with Gasteiger partial charge in [-0.25, -0.2) is 38.4 Å². The van der Waals surface area contributed by atoms with Crippen molar-refractivity contribution >= 4 is 47.8 Å². The van der Waals surface area contributed by atoms with Gasteiger partial charge >= 0.3 is 47.8 Å². The minimum atomic E-state index is -1.73. The van der Waals surface area contributed by atoms with Crippen molar-refractivity contribution in [3.8, 4) is 0 Å². The first kappa shape index (κ1) is 43.3. The van der Waals surface area contributed by atoms with Gasteiger partial charge in [0, 0.05) is 64.2 Å². The number of ether oxygens (including phenoxy) is 10. The second-order valence-electron chi connectivity index (χ2n) is 16.0. The second-order valence-corrected chi connectivity index (χ2v) is 16.0. The monoisotopic (exact) mass is 886 g/mol. The Kier molecular flexibility index (Phi) is 11.1. The molecule has 0 N–H and O–H groups in total. The molecule has 5 spiro atoms. The lowest BCUT2D eigenvalue weighted by Gasteiger charge is -2.53. The third-order valence-electron chi connectivity index (χ3n) is 11.7. The van der Waals surface area contributed by atoms with Gasteiger partial charge in [0.1, 0.15) is 16.7 Å². The highest BCUT2D eigenvalue weighted by atomic mass is 16.8. The number of rotatable bonds is 6. The number of hydrogen-bond acceptors (Lipinski definition) is 20. The third-order valence-corrected chi connectivity index (χ3v) is 11.7. The van der Waals surface area contributed by atoms with E-state index in [0.717, 1.165) is 37.5 Å². The molecule has 0 bridgehead atoms. The molecule has 64 heavy (non-hydrogen) atoms. The summed E-state index contributed by atoms with van der Waals surface area (Å²) in [6, 6.07) is 0. The molecule has 3 saturated heterocycles. The minimum absolute atomic E-state index is 0.108. The number of carbonyl (C=O) groups is 8. The highest BCUT2D eigenvalue weighted by Gasteiger charge is 2.57. The van der Waals surface area contributed by atoms with Crippen molar-refractivity contribution < 1.29 is 95.9 Å².